The normalized spacial score (nSPS) is 10.9. The molecule has 25 heavy (non-hydrogen) atoms. The third-order valence-corrected chi connectivity index (χ3v) is 5.63. The number of nitrogens with zero attached hydrogens (tertiary/aromatic N) is 2. The van der Waals surface area contributed by atoms with E-state index in [2.05, 4.69) is 21.4 Å². The van der Waals surface area contributed by atoms with Crippen molar-refractivity contribution >= 4 is 44.5 Å². The number of hydrogen-bond acceptors (Lipinski definition) is 5. The number of para-hydroxylation sites is 1. The molecule has 1 amide bonds. The standard InChI is InChI=1S/C19H15N3OS2/c1-12-20-15(11-24-12)10-18(23)21-14-8-6-13(7-9-14)19-22-16-4-2-3-5-17(16)25-19/h2-9,11H,10H2,1H3,(H,21,23). The zero-order chi connectivity index (χ0) is 17.2. The average Bonchev–Trinajstić information content (AvgIpc) is 3.21. The topological polar surface area (TPSA) is 54.9 Å². The number of fused-ring (bicyclic) bond motifs is 1. The first-order valence-corrected chi connectivity index (χ1v) is 9.54. The van der Waals surface area contributed by atoms with Gasteiger partial charge in [-0.2, -0.15) is 0 Å². The van der Waals surface area contributed by atoms with Crippen LogP contribution in [-0.2, 0) is 11.2 Å². The maximum absolute atomic E-state index is 12.1. The molecule has 0 aliphatic rings. The predicted molar refractivity (Wildman–Crippen MR) is 104 cm³/mol. The van der Waals surface area contributed by atoms with Crippen molar-refractivity contribution in [3.63, 3.8) is 0 Å². The Bertz CT molecular complexity index is 1000. The molecule has 0 radical (unpaired) electrons. The number of aryl methyl sites for hydroxylation is 1. The summed E-state index contributed by atoms with van der Waals surface area (Å²) in [7, 11) is 0. The van der Waals surface area contributed by atoms with Crippen LogP contribution >= 0.6 is 22.7 Å². The minimum atomic E-state index is -0.0574. The number of hydrogen-bond donors (Lipinski definition) is 1. The third kappa shape index (κ3) is 3.60. The fourth-order valence-corrected chi connectivity index (χ4v) is 4.13. The van der Waals surface area contributed by atoms with Crippen LogP contribution in [0.1, 0.15) is 10.7 Å². The predicted octanol–water partition coefficient (Wildman–Crippen LogP) is 4.91. The van der Waals surface area contributed by atoms with Crippen molar-refractivity contribution in [1.82, 2.24) is 9.97 Å². The lowest BCUT2D eigenvalue weighted by molar-refractivity contribution is -0.115. The van der Waals surface area contributed by atoms with Gasteiger partial charge in [0.1, 0.15) is 5.01 Å². The van der Waals surface area contributed by atoms with E-state index in [1.54, 1.807) is 22.7 Å². The minimum Gasteiger partial charge on any atom is -0.326 e. The fourth-order valence-electron chi connectivity index (χ4n) is 2.55. The average molecular weight is 365 g/mol. The van der Waals surface area contributed by atoms with Gasteiger partial charge in [0.05, 0.1) is 27.3 Å². The number of aromatic nitrogens is 2. The van der Waals surface area contributed by atoms with Crippen LogP contribution in [-0.4, -0.2) is 15.9 Å². The van der Waals surface area contributed by atoms with Crippen molar-refractivity contribution in [3.8, 4) is 10.6 Å². The van der Waals surface area contributed by atoms with Crippen LogP contribution in [0.4, 0.5) is 5.69 Å². The second kappa shape index (κ2) is 6.74. The van der Waals surface area contributed by atoms with Gasteiger partial charge in [0.15, 0.2) is 0 Å². The first-order chi connectivity index (χ1) is 12.2. The SMILES string of the molecule is Cc1nc(CC(=O)Nc2ccc(-c3nc4ccccc4s3)cc2)cs1. The van der Waals surface area contributed by atoms with Gasteiger partial charge in [-0.25, -0.2) is 9.97 Å². The summed E-state index contributed by atoms with van der Waals surface area (Å²) in [6.45, 7) is 1.94. The molecule has 0 spiro atoms. The number of amides is 1. The van der Waals surface area contributed by atoms with Gasteiger partial charge in [0.2, 0.25) is 5.91 Å². The fraction of sp³-hybridized carbons (Fsp3) is 0.105. The number of carbonyl (C=O) groups excluding carboxylic acids is 1. The Morgan fingerprint density at radius 2 is 1.88 bits per heavy atom. The van der Waals surface area contributed by atoms with Crippen LogP contribution in [0.15, 0.2) is 53.9 Å². The van der Waals surface area contributed by atoms with E-state index in [1.807, 2.05) is 54.8 Å². The van der Waals surface area contributed by atoms with Gasteiger partial charge in [0, 0.05) is 16.6 Å². The quantitative estimate of drug-likeness (QED) is 0.559. The maximum atomic E-state index is 12.1. The van der Waals surface area contributed by atoms with Crippen molar-refractivity contribution in [1.29, 1.82) is 0 Å². The second-order valence-corrected chi connectivity index (χ2v) is 7.74. The van der Waals surface area contributed by atoms with Crippen molar-refractivity contribution in [2.75, 3.05) is 5.32 Å². The summed E-state index contributed by atoms with van der Waals surface area (Å²) in [6, 6.07) is 15.9. The van der Waals surface area contributed by atoms with Gasteiger partial charge >= 0.3 is 0 Å². The third-order valence-electron chi connectivity index (χ3n) is 3.72. The molecule has 0 atom stereocenters. The lowest BCUT2D eigenvalue weighted by atomic mass is 10.2. The molecule has 2 aromatic heterocycles. The second-order valence-electron chi connectivity index (χ2n) is 5.65. The molecule has 4 nitrogen and oxygen atoms in total. The van der Waals surface area contributed by atoms with Gasteiger partial charge in [-0.15, -0.1) is 22.7 Å². The van der Waals surface area contributed by atoms with Crippen LogP contribution < -0.4 is 5.32 Å². The van der Waals surface area contributed by atoms with Crippen molar-refractivity contribution in [2.45, 2.75) is 13.3 Å². The highest BCUT2D eigenvalue weighted by atomic mass is 32.1. The van der Waals surface area contributed by atoms with Crippen molar-refractivity contribution < 1.29 is 4.79 Å². The van der Waals surface area contributed by atoms with E-state index in [1.165, 1.54) is 4.70 Å². The first-order valence-electron chi connectivity index (χ1n) is 7.84. The van der Waals surface area contributed by atoms with Crippen LogP contribution in [0.5, 0.6) is 0 Å². The zero-order valence-corrected chi connectivity index (χ0v) is 15.2. The number of carbonyl (C=O) groups is 1. The Kier molecular flexibility index (Phi) is 4.29. The Morgan fingerprint density at radius 3 is 2.60 bits per heavy atom. The molecule has 0 bridgehead atoms. The molecule has 124 valence electrons. The van der Waals surface area contributed by atoms with E-state index in [0.717, 1.165) is 32.5 Å². The maximum Gasteiger partial charge on any atom is 0.230 e. The Hall–Kier alpha value is -2.57. The van der Waals surface area contributed by atoms with E-state index < -0.39 is 0 Å². The molecule has 4 aromatic rings. The van der Waals surface area contributed by atoms with Gasteiger partial charge in [-0.3, -0.25) is 4.79 Å². The molecule has 0 fully saturated rings. The van der Waals surface area contributed by atoms with Crippen molar-refractivity contribution in [3.05, 3.63) is 64.6 Å². The summed E-state index contributed by atoms with van der Waals surface area (Å²) in [5, 5.41) is 6.79. The van der Waals surface area contributed by atoms with E-state index >= 15 is 0 Å². The van der Waals surface area contributed by atoms with Gasteiger partial charge < -0.3 is 5.32 Å². The largest absolute Gasteiger partial charge is 0.326 e. The van der Waals surface area contributed by atoms with Gasteiger partial charge in [-0.1, -0.05) is 12.1 Å². The molecule has 0 saturated heterocycles. The molecular weight excluding hydrogens is 350 g/mol. The lowest BCUT2D eigenvalue weighted by Crippen LogP contribution is -2.14. The monoisotopic (exact) mass is 365 g/mol. The summed E-state index contributed by atoms with van der Waals surface area (Å²) in [4.78, 5) is 21.1. The molecule has 2 aromatic carbocycles. The van der Waals surface area contributed by atoms with Gasteiger partial charge in [-0.05, 0) is 43.3 Å². The smallest absolute Gasteiger partial charge is 0.230 e. The minimum absolute atomic E-state index is 0.0574. The van der Waals surface area contributed by atoms with Crippen LogP contribution in [0.25, 0.3) is 20.8 Å². The summed E-state index contributed by atoms with van der Waals surface area (Å²) >= 11 is 3.23. The molecule has 4 rings (SSSR count). The van der Waals surface area contributed by atoms with Crippen LogP contribution in [0.2, 0.25) is 0 Å². The molecule has 0 unspecified atom stereocenters. The highest BCUT2D eigenvalue weighted by molar-refractivity contribution is 7.21. The number of thiazole rings is 2. The molecular formula is C19H15N3OS2. The number of rotatable bonds is 4. The highest BCUT2D eigenvalue weighted by Crippen LogP contribution is 2.30. The van der Waals surface area contributed by atoms with Crippen molar-refractivity contribution in [2.24, 2.45) is 0 Å². The molecule has 2 heterocycles. The van der Waals surface area contributed by atoms with E-state index in [0.29, 0.717) is 6.42 Å². The Morgan fingerprint density at radius 1 is 1.08 bits per heavy atom. The number of nitrogens with one attached hydrogen (secondary N) is 1. The summed E-state index contributed by atoms with van der Waals surface area (Å²) < 4.78 is 1.17. The Balaban J connectivity index is 1.47. The summed E-state index contributed by atoms with van der Waals surface area (Å²) in [6.07, 6.45) is 0.296. The Labute approximate surface area is 153 Å². The first kappa shape index (κ1) is 15.9. The van der Waals surface area contributed by atoms with E-state index in [-0.39, 0.29) is 5.91 Å². The van der Waals surface area contributed by atoms with Crippen LogP contribution in [0.3, 0.4) is 0 Å². The van der Waals surface area contributed by atoms with E-state index in [4.69, 9.17) is 0 Å². The lowest BCUT2D eigenvalue weighted by Gasteiger charge is -2.05. The highest BCUT2D eigenvalue weighted by Gasteiger charge is 2.09. The van der Waals surface area contributed by atoms with Gasteiger partial charge in [0.25, 0.3) is 0 Å². The molecule has 6 heteroatoms. The molecule has 0 aliphatic carbocycles. The molecule has 0 saturated carbocycles. The number of benzene rings is 2. The molecule has 1 N–H and O–H groups in total. The zero-order valence-electron chi connectivity index (χ0n) is 13.5. The van der Waals surface area contributed by atoms with Crippen LogP contribution in [0, 0.1) is 6.92 Å². The number of anilines is 1. The summed E-state index contributed by atoms with van der Waals surface area (Å²) in [5.41, 5.74) is 3.65. The summed E-state index contributed by atoms with van der Waals surface area (Å²) in [5.74, 6) is -0.0574. The van der Waals surface area contributed by atoms with E-state index in [9.17, 15) is 4.79 Å². The molecule has 0 aliphatic heterocycles.